The molecule has 3 nitrogen and oxygen atoms in total. The van der Waals surface area contributed by atoms with Crippen molar-refractivity contribution >= 4 is 11.6 Å². The molecule has 2 aromatic carbocycles. The Balaban J connectivity index is 1.65. The lowest BCUT2D eigenvalue weighted by atomic mass is 10.1. The number of rotatable bonds is 7. The Morgan fingerprint density at radius 3 is 2.67 bits per heavy atom. The summed E-state index contributed by atoms with van der Waals surface area (Å²) in [6.07, 6.45) is 0.919. The molecule has 0 heterocycles. The third-order valence-electron chi connectivity index (χ3n) is 3.01. The molecule has 2 rings (SSSR count). The topological polar surface area (TPSA) is 45.0 Å². The quantitative estimate of drug-likeness (QED) is 0.792. The zero-order valence-electron chi connectivity index (χ0n) is 11.7. The molecule has 0 atom stereocenters. The van der Waals surface area contributed by atoms with Gasteiger partial charge in [0.05, 0.1) is 18.2 Å². The molecule has 21 heavy (non-hydrogen) atoms. The van der Waals surface area contributed by atoms with Crippen LogP contribution in [0.25, 0.3) is 0 Å². The highest BCUT2D eigenvalue weighted by Crippen LogP contribution is 2.17. The Kier molecular flexibility index (Phi) is 6.08. The molecule has 0 radical (unpaired) electrons. The second-order valence-electron chi connectivity index (χ2n) is 4.61. The van der Waals surface area contributed by atoms with Gasteiger partial charge in [-0.25, -0.2) is 0 Å². The Hall–Kier alpha value is -2.02. The van der Waals surface area contributed by atoms with Crippen LogP contribution in [0, 0.1) is 11.3 Å². The first-order valence-electron chi connectivity index (χ1n) is 6.86. The number of nitrogens with one attached hydrogen (secondary N) is 1. The predicted molar refractivity (Wildman–Crippen MR) is 84.4 cm³/mol. The summed E-state index contributed by atoms with van der Waals surface area (Å²) in [6.45, 7) is 2.22. The van der Waals surface area contributed by atoms with E-state index < -0.39 is 0 Å². The molecule has 0 aliphatic rings. The average molecular weight is 301 g/mol. The predicted octanol–water partition coefficient (Wildman–Crippen LogP) is 3.77. The summed E-state index contributed by atoms with van der Waals surface area (Å²) in [4.78, 5) is 0. The van der Waals surface area contributed by atoms with Crippen LogP contribution in [0.2, 0.25) is 5.02 Å². The lowest BCUT2D eigenvalue weighted by molar-refractivity contribution is 0.308. The molecule has 2 aromatic rings. The molecule has 0 aromatic heterocycles. The van der Waals surface area contributed by atoms with Crippen molar-refractivity contribution in [1.82, 2.24) is 5.32 Å². The van der Waals surface area contributed by atoms with Gasteiger partial charge < -0.3 is 10.1 Å². The van der Waals surface area contributed by atoms with Gasteiger partial charge in [-0.15, -0.1) is 0 Å². The molecule has 0 saturated heterocycles. The maximum Gasteiger partial charge on any atom is 0.119 e. The van der Waals surface area contributed by atoms with Crippen LogP contribution < -0.4 is 10.1 Å². The van der Waals surface area contributed by atoms with E-state index in [1.54, 1.807) is 12.1 Å². The van der Waals surface area contributed by atoms with Crippen molar-refractivity contribution in [3.8, 4) is 11.8 Å². The number of halogens is 1. The van der Waals surface area contributed by atoms with Crippen LogP contribution in [0.3, 0.4) is 0 Å². The van der Waals surface area contributed by atoms with Gasteiger partial charge in [0.2, 0.25) is 0 Å². The van der Waals surface area contributed by atoms with Crippen LogP contribution in [-0.4, -0.2) is 13.2 Å². The SMILES string of the molecule is N#Cc1ccc(CNCCCOc2ccccc2)c(Cl)c1. The van der Waals surface area contributed by atoms with Gasteiger partial charge in [0.1, 0.15) is 5.75 Å². The van der Waals surface area contributed by atoms with E-state index in [1.807, 2.05) is 36.4 Å². The zero-order valence-corrected chi connectivity index (χ0v) is 12.4. The number of para-hydroxylation sites is 1. The largest absolute Gasteiger partial charge is 0.494 e. The number of nitrogens with zero attached hydrogens (tertiary/aromatic N) is 1. The first kappa shape index (κ1) is 15.4. The second-order valence-corrected chi connectivity index (χ2v) is 5.02. The molecule has 108 valence electrons. The molecule has 4 heteroatoms. The fourth-order valence-electron chi connectivity index (χ4n) is 1.89. The number of nitriles is 1. The minimum Gasteiger partial charge on any atom is -0.494 e. The van der Waals surface area contributed by atoms with E-state index >= 15 is 0 Å². The molecule has 0 aliphatic heterocycles. The summed E-state index contributed by atoms with van der Waals surface area (Å²) >= 11 is 6.11. The van der Waals surface area contributed by atoms with Crippen LogP contribution in [0.15, 0.2) is 48.5 Å². The summed E-state index contributed by atoms with van der Waals surface area (Å²) in [6, 6.07) is 17.2. The van der Waals surface area contributed by atoms with Crippen molar-refractivity contribution < 1.29 is 4.74 Å². The molecular weight excluding hydrogens is 284 g/mol. The minimum atomic E-state index is 0.583. The van der Waals surface area contributed by atoms with E-state index in [4.69, 9.17) is 21.6 Å². The molecule has 0 unspecified atom stereocenters. The van der Waals surface area contributed by atoms with E-state index in [9.17, 15) is 0 Å². The fourth-order valence-corrected chi connectivity index (χ4v) is 2.13. The van der Waals surface area contributed by atoms with Gasteiger partial charge in [-0.3, -0.25) is 0 Å². The lowest BCUT2D eigenvalue weighted by Gasteiger charge is -2.08. The van der Waals surface area contributed by atoms with Crippen molar-refractivity contribution in [2.24, 2.45) is 0 Å². The van der Waals surface area contributed by atoms with Gasteiger partial charge in [0.25, 0.3) is 0 Å². The highest BCUT2D eigenvalue weighted by atomic mass is 35.5. The van der Waals surface area contributed by atoms with Crippen LogP contribution >= 0.6 is 11.6 Å². The molecule has 0 fully saturated rings. The van der Waals surface area contributed by atoms with Crippen molar-refractivity contribution in [2.45, 2.75) is 13.0 Å². The fraction of sp³-hybridized carbons (Fsp3) is 0.235. The van der Waals surface area contributed by atoms with Crippen molar-refractivity contribution in [2.75, 3.05) is 13.2 Å². The third-order valence-corrected chi connectivity index (χ3v) is 3.36. The maximum atomic E-state index is 8.78. The monoisotopic (exact) mass is 300 g/mol. The molecule has 0 spiro atoms. The van der Waals surface area contributed by atoms with Gasteiger partial charge in [-0.1, -0.05) is 35.9 Å². The highest BCUT2D eigenvalue weighted by Gasteiger charge is 2.01. The highest BCUT2D eigenvalue weighted by molar-refractivity contribution is 6.31. The Morgan fingerprint density at radius 2 is 1.95 bits per heavy atom. The lowest BCUT2D eigenvalue weighted by Crippen LogP contribution is -2.17. The first-order chi connectivity index (χ1) is 10.3. The van der Waals surface area contributed by atoms with E-state index in [1.165, 1.54) is 0 Å². The van der Waals surface area contributed by atoms with E-state index in [2.05, 4.69) is 11.4 Å². The Morgan fingerprint density at radius 1 is 1.14 bits per heavy atom. The summed E-state index contributed by atoms with van der Waals surface area (Å²) in [5, 5.41) is 12.7. The first-order valence-corrected chi connectivity index (χ1v) is 7.24. The van der Waals surface area contributed by atoms with Crippen molar-refractivity contribution in [3.63, 3.8) is 0 Å². The van der Waals surface area contributed by atoms with Gasteiger partial charge in [-0.05, 0) is 42.8 Å². The minimum absolute atomic E-state index is 0.583. The summed E-state index contributed by atoms with van der Waals surface area (Å²) in [7, 11) is 0. The number of hydrogen-bond donors (Lipinski definition) is 1. The summed E-state index contributed by atoms with van der Waals surface area (Å²) < 4.78 is 5.61. The van der Waals surface area contributed by atoms with Crippen LogP contribution in [-0.2, 0) is 6.54 Å². The number of ether oxygens (including phenoxy) is 1. The van der Waals surface area contributed by atoms with Crippen molar-refractivity contribution in [1.29, 1.82) is 5.26 Å². The zero-order chi connectivity index (χ0) is 14.9. The Bertz CT molecular complexity index is 608. The van der Waals surface area contributed by atoms with E-state index in [0.29, 0.717) is 23.7 Å². The molecule has 0 saturated carbocycles. The molecule has 0 amide bonds. The summed E-state index contributed by atoms with van der Waals surface area (Å²) in [5.74, 6) is 0.896. The van der Waals surface area contributed by atoms with Gasteiger partial charge >= 0.3 is 0 Å². The van der Waals surface area contributed by atoms with Crippen LogP contribution in [0.4, 0.5) is 0 Å². The molecule has 0 bridgehead atoms. The number of benzene rings is 2. The van der Waals surface area contributed by atoms with Gasteiger partial charge in [0.15, 0.2) is 0 Å². The maximum absolute atomic E-state index is 8.78. The normalized spacial score (nSPS) is 10.1. The van der Waals surface area contributed by atoms with Gasteiger partial charge in [-0.2, -0.15) is 5.26 Å². The average Bonchev–Trinajstić information content (AvgIpc) is 2.53. The van der Waals surface area contributed by atoms with E-state index in [0.717, 1.165) is 24.3 Å². The molecule has 1 N–H and O–H groups in total. The van der Waals surface area contributed by atoms with Gasteiger partial charge in [0, 0.05) is 11.6 Å². The smallest absolute Gasteiger partial charge is 0.119 e. The van der Waals surface area contributed by atoms with E-state index in [-0.39, 0.29) is 0 Å². The van der Waals surface area contributed by atoms with Crippen LogP contribution in [0.1, 0.15) is 17.5 Å². The standard InChI is InChI=1S/C17H17ClN2O/c18-17-11-14(12-19)7-8-15(17)13-20-9-4-10-21-16-5-2-1-3-6-16/h1-3,5-8,11,20H,4,9-10,13H2. The molecular formula is C17H17ClN2O. The van der Waals surface area contributed by atoms with Crippen molar-refractivity contribution in [3.05, 3.63) is 64.7 Å². The second kappa shape index (κ2) is 8.31. The molecule has 0 aliphatic carbocycles. The number of hydrogen-bond acceptors (Lipinski definition) is 3. The third kappa shape index (κ3) is 5.11. The summed E-state index contributed by atoms with van der Waals surface area (Å²) in [5.41, 5.74) is 1.58. The Labute approximate surface area is 130 Å². The van der Waals surface area contributed by atoms with Crippen LogP contribution in [0.5, 0.6) is 5.75 Å².